The molecule has 0 unspecified atom stereocenters. The van der Waals surface area contributed by atoms with Gasteiger partial charge in [0.1, 0.15) is 6.26 Å². The van der Waals surface area contributed by atoms with Crippen LogP contribution in [0.3, 0.4) is 0 Å². The summed E-state index contributed by atoms with van der Waals surface area (Å²) in [5.74, 6) is -0.579. The minimum absolute atomic E-state index is 0.0458. The number of hydrogen-bond donors (Lipinski definition) is 3. The molecule has 0 aliphatic heterocycles. The molecule has 23 heavy (non-hydrogen) atoms. The maximum absolute atomic E-state index is 12.4. The number of benzene rings is 1. The molecule has 0 spiro atoms. The molecule has 124 valence electrons. The normalized spacial score (nSPS) is 11.5. The number of anilines is 1. The third kappa shape index (κ3) is 5.28. The molecule has 1 amide bonds. The van der Waals surface area contributed by atoms with Gasteiger partial charge in [-0.05, 0) is 30.0 Å². The van der Waals surface area contributed by atoms with Gasteiger partial charge in [0.05, 0.1) is 18.4 Å². The molecule has 0 fully saturated rings. The van der Waals surface area contributed by atoms with Crippen molar-refractivity contribution in [1.82, 2.24) is 5.64 Å². The molecule has 1 aromatic carbocycles. The van der Waals surface area contributed by atoms with Crippen LogP contribution < -0.4 is 11.0 Å². The Morgan fingerprint density at radius 3 is 2.83 bits per heavy atom. The van der Waals surface area contributed by atoms with E-state index in [1.54, 1.807) is 0 Å². The standard InChI is InChI=1S/C13H11F3N2O4S/c14-13(15,16)23-10-3-1-2-9(4-10)17-12(19)11-7-21-5-8(11)6-22-18-20/h1-5,7,18,20H,6H2,(H,17,19). The second-order valence-corrected chi connectivity index (χ2v) is 5.36. The van der Waals surface area contributed by atoms with E-state index < -0.39 is 11.4 Å². The summed E-state index contributed by atoms with van der Waals surface area (Å²) in [5, 5.41) is 10.8. The molecule has 0 radical (unpaired) electrons. The first kappa shape index (κ1) is 17.3. The summed E-state index contributed by atoms with van der Waals surface area (Å²) in [5.41, 5.74) is -2.25. The van der Waals surface area contributed by atoms with Gasteiger partial charge in [-0.25, -0.2) is 0 Å². The highest BCUT2D eigenvalue weighted by molar-refractivity contribution is 8.00. The highest BCUT2D eigenvalue weighted by atomic mass is 32.2. The fraction of sp³-hybridized carbons (Fsp3) is 0.154. The molecule has 2 aromatic rings. The van der Waals surface area contributed by atoms with Crippen LogP contribution in [0.2, 0.25) is 0 Å². The minimum atomic E-state index is -4.41. The van der Waals surface area contributed by atoms with E-state index in [9.17, 15) is 18.0 Å². The van der Waals surface area contributed by atoms with Crippen molar-refractivity contribution in [3.63, 3.8) is 0 Å². The predicted molar refractivity (Wildman–Crippen MR) is 74.7 cm³/mol. The Bertz CT molecular complexity index is 675. The van der Waals surface area contributed by atoms with Crippen molar-refractivity contribution >= 4 is 23.4 Å². The first-order valence-corrected chi connectivity index (χ1v) is 6.94. The van der Waals surface area contributed by atoms with Gasteiger partial charge in [0.25, 0.3) is 5.91 Å². The second kappa shape index (κ2) is 7.51. The summed E-state index contributed by atoms with van der Waals surface area (Å²) in [6.07, 6.45) is 2.42. The lowest BCUT2D eigenvalue weighted by Gasteiger charge is -2.09. The van der Waals surface area contributed by atoms with Crippen LogP contribution in [-0.2, 0) is 11.4 Å². The molecular formula is C13H11F3N2O4S. The molecule has 0 saturated carbocycles. The summed E-state index contributed by atoms with van der Waals surface area (Å²) >= 11 is -0.272. The van der Waals surface area contributed by atoms with Crippen molar-refractivity contribution in [1.29, 1.82) is 0 Å². The third-order valence-electron chi connectivity index (χ3n) is 2.60. The molecule has 0 atom stereocenters. The fourth-order valence-electron chi connectivity index (χ4n) is 1.71. The van der Waals surface area contributed by atoms with E-state index >= 15 is 0 Å². The number of hydrogen-bond acceptors (Lipinski definition) is 6. The van der Waals surface area contributed by atoms with Gasteiger partial charge in [0.2, 0.25) is 0 Å². The van der Waals surface area contributed by atoms with Gasteiger partial charge in [0, 0.05) is 16.1 Å². The molecule has 0 bridgehead atoms. The van der Waals surface area contributed by atoms with Crippen molar-refractivity contribution in [2.24, 2.45) is 0 Å². The smallest absolute Gasteiger partial charge is 0.446 e. The first-order valence-electron chi connectivity index (χ1n) is 6.12. The first-order chi connectivity index (χ1) is 10.9. The van der Waals surface area contributed by atoms with E-state index in [2.05, 4.69) is 10.2 Å². The zero-order valence-electron chi connectivity index (χ0n) is 11.4. The maximum Gasteiger partial charge on any atom is 0.446 e. The molecule has 2 rings (SSSR count). The summed E-state index contributed by atoms with van der Waals surface area (Å²) < 4.78 is 41.9. The quantitative estimate of drug-likeness (QED) is 0.547. The third-order valence-corrected chi connectivity index (χ3v) is 3.33. The topological polar surface area (TPSA) is 83.7 Å². The van der Waals surface area contributed by atoms with E-state index in [-0.39, 0.29) is 34.5 Å². The Labute approximate surface area is 132 Å². The van der Waals surface area contributed by atoms with E-state index in [1.165, 1.54) is 42.4 Å². The van der Waals surface area contributed by atoms with E-state index in [0.29, 0.717) is 5.56 Å². The van der Waals surface area contributed by atoms with Gasteiger partial charge in [-0.15, -0.1) is 0 Å². The lowest BCUT2D eigenvalue weighted by Crippen LogP contribution is -2.15. The molecule has 10 heteroatoms. The Morgan fingerprint density at radius 1 is 1.35 bits per heavy atom. The minimum Gasteiger partial charge on any atom is -0.471 e. The van der Waals surface area contributed by atoms with Gasteiger partial charge >= 0.3 is 5.51 Å². The second-order valence-electron chi connectivity index (χ2n) is 4.22. The lowest BCUT2D eigenvalue weighted by atomic mass is 10.2. The number of furan rings is 1. The monoisotopic (exact) mass is 348 g/mol. The number of halogens is 3. The Balaban J connectivity index is 2.08. The summed E-state index contributed by atoms with van der Waals surface area (Å²) in [4.78, 5) is 16.6. The fourth-order valence-corrected chi connectivity index (χ4v) is 2.31. The van der Waals surface area contributed by atoms with Gasteiger partial charge in [0.15, 0.2) is 0 Å². The molecule has 0 aliphatic carbocycles. The molecule has 1 heterocycles. The number of alkyl halides is 3. The van der Waals surface area contributed by atoms with Gasteiger partial charge < -0.3 is 9.73 Å². The number of carbonyl (C=O) groups excluding carboxylic acids is 1. The Morgan fingerprint density at radius 2 is 2.13 bits per heavy atom. The van der Waals surface area contributed by atoms with Crippen LogP contribution in [0.15, 0.2) is 46.1 Å². The van der Waals surface area contributed by atoms with Crippen LogP contribution in [0.5, 0.6) is 0 Å². The van der Waals surface area contributed by atoms with Crippen molar-refractivity contribution in [3.05, 3.63) is 47.9 Å². The van der Waals surface area contributed by atoms with Gasteiger partial charge in [-0.3, -0.25) is 14.8 Å². The van der Waals surface area contributed by atoms with Crippen molar-refractivity contribution in [2.75, 3.05) is 5.32 Å². The maximum atomic E-state index is 12.4. The van der Waals surface area contributed by atoms with Crippen LogP contribution in [-0.4, -0.2) is 16.6 Å². The highest BCUT2D eigenvalue weighted by Gasteiger charge is 2.29. The van der Waals surface area contributed by atoms with Crippen molar-refractivity contribution in [3.8, 4) is 0 Å². The number of nitrogens with one attached hydrogen (secondary N) is 2. The van der Waals surface area contributed by atoms with Crippen molar-refractivity contribution in [2.45, 2.75) is 17.0 Å². The molecule has 6 nitrogen and oxygen atoms in total. The molecule has 3 N–H and O–H groups in total. The number of rotatable bonds is 6. The van der Waals surface area contributed by atoms with Gasteiger partial charge in [-0.2, -0.15) is 13.2 Å². The molecule has 0 aliphatic rings. The predicted octanol–water partition coefficient (Wildman–Crippen LogP) is 3.55. The van der Waals surface area contributed by atoms with Crippen LogP contribution in [0.1, 0.15) is 15.9 Å². The summed E-state index contributed by atoms with van der Waals surface area (Å²) in [6, 6.07) is 5.36. The van der Waals surface area contributed by atoms with Crippen LogP contribution in [0.4, 0.5) is 18.9 Å². The summed E-state index contributed by atoms with van der Waals surface area (Å²) in [6.45, 7) is -0.139. The molecular weight excluding hydrogens is 337 g/mol. The van der Waals surface area contributed by atoms with Crippen LogP contribution in [0.25, 0.3) is 0 Å². The van der Waals surface area contributed by atoms with E-state index in [0.717, 1.165) is 0 Å². The zero-order chi connectivity index (χ0) is 16.9. The average Bonchev–Trinajstić information content (AvgIpc) is 2.92. The molecule has 1 aromatic heterocycles. The average molecular weight is 348 g/mol. The zero-order valence-corrected chi connectivity index (χ0v) is 12.2. The highest BCUT2D eigenvalue weighted by Crippen LogP contribution is 2.37. The largest absolute Gasteiger partial charge is 0.471 e. The number of thioether (sulfide) groups is 1. The van der Waals surface area contributed by atoms with Crippen molar-refractivity contribution < 1.29 is 32.4 Å². The molecule has 0 saturated heterocycles. The van der Waals surface area contributed by atoms with Crippen LogP contribution >= 0.6 is 11.8 Å². The summed E-state index contributed by atoms with van der Waals surface area (Å²) in [7, 11) is 0. The number of amides is 1. The van der Waals surface area contributed by atoms with Crippen LogP contribution in [0, 0.1) is 0 Å². The Hall–Kier alpha value is -2.01. The van der Waals surface area contributed by atoms with E-state index in [1.807, 2.05) is 0 Å². The van der Waals surface area contributed by atoms with Gasteiger partial charge in [-0.1, -0.05) is 11.7 Å². The van der Waals surface area contributed by atoms with E-state index in [4.69, 9.17) is 9.62 Å². The lowest BCUT2D eigenvalue weighted by molar-refractivity contribution is -0.135. The SMILES string of the molecule is O=C(Nc1cccc(SC(F)(F)F)c1)c1cocc1CONO. The Kier molecular flexibility index (Phi) is 5.66. The number of carbonyl (C=O) groups is 1.